The maximum Gasteiger partial charge on any atom is 0.225 e. The van der Waals surface area contributed by atoms with E-state index in [-0.39, 0.29) is 46.9 Å². The van der Waals surface area contributed by atoms with Gasteiger partial charge >= 0.3 is 0 Å². The number of carbonyl (C=O) groups is 1. The first kappa shape index (κ1) is 23.6. The van der Waals surface area contributed by atoms with Crippen molar-refractivity contribution in [3.8, 4) is 0 Å². The molecule has 36 heavy (non-hydrogen) atoms. The molecule has 4 aliphatic rings. The molecule has 1 saturated heterocycles. The van der Waals surface area contributed by atoms with Crippen molar-refractivity contribution < 1.29 is 19.4 Å². The maximum absolute atomic E-state index is 12.2. The molecular formula is C30H34N2O4. The summed E-state index contributed by atoms with van der Waals surface area (Å²) >= 11 is 0. The molecule has 6 nitrogen and oxygen atoms in total. The van der Waals surface area contributed by atoms with Crippen molar-refractivity contribution in [2.45, 2.75) is 49.9 Å². The second kappa shape index (κ2) is 8.10. The molecule has 1 saturated carbocycles. The molecule has 7 atom stereocenters. The van der Waals surface area contributed by atoms with Gasteiger partial charge in [-0.1, -0.05) is 74.5 Å². The number of nitrogens with one attached hydrogen (secondary N) is 2. The average molecular weight is 487 g/mol. The average Bonchev–Trinajstić information content (AvgIpc) is 3.41. The standard InChI is InChI=1S/C30H34N2O4/c1-28(2)22-11-7-8-12-23(22)30(28,18-9-5-4-6-10-18)36-17-19-16-35-27(29(19,3)34)26-20-13-14-24(31)32-25(33)15-21(20)26/h4-14,19-21,26-27,34H,15-17H2,1-3H3,(H2,31,32,33)/t19?,20?,21?,26?,27-,29?,30?/m0/s1. The Balaban J connectivity index is 1.25. The lowest BCUT2D eigenvalue weighted by molar-refractivity contribution is -0.128. The van der Waals surface area contributed by atoms with Gasteiger partial charge in [0.25, 0.3) is 0 Å². The van der Waals surface area contributed by atoms with Crippen molar-refractivity contribution in [2.24, 2.45) is 23.7 Å². The molecule has 6 unspecified atom stereocenters. The number of carbonyl (C=O) groups excluding carboxylic acids is 1. The second-order valence-electron chi connectivity index (χ2n) is 11.5. The number of fused-ring (bicyclic) bond motifs is 2. The summed E-state index contributed by atoms with van der Waals surface area (Å²) in [7, 11) is 0. The minimum Gasteiger partial charge on any atom is -0.387 e. The fraction of sp³-hybridized carbons (Fsp3) is 0.467. The number of rotatable bonds is 5. The summed E-state index contributed by atoms with van der Waals surface area (Å²) in [6.45, 7) is 7.07. The highest BCUT2D eigenvalue weighted by atomic mass is 16.5. The van der Waals surface area contributed by atoms with Crippen LogP contribution in [0.1, 0.15) is 43.9 Å². The van der Waals surface area contributed by atoms with Gasteiger partial charge in [-0.25, -0.2) is 0 Å². The highest BCUT2D eigenvalue weighted by Crippen LogP contribution is 2.61. The van der Waals surface area contributed by atoms with Crippen LogP contribution in [0.5, 0.6) is 0 Å². The van der Waals surface area contributed by atoms with Crippen LogP contribution >= 0.6 is 0 Å². The molecule has 6 rings (SSSR count). The van der Waals surface area contributed by atoms with Crippen LogP contribution in [0.2, 0.25) is 0 Å². The fourth-order valence-corrected chi connectivity index (χ4v) is 7.12. The minimum atomic E-state index is -1.09. The Bertz CT molecular complexity index is 1240. The van der Waals surface area contributed by atoms with Crippen LogP contribution in [0.4, 0.5) is 0 Å². The molecule has 1 amide bonds. The van der Waals surface area contributed by atoms with Crippen molar-refractivity contribution in [3.63, 3.8) is 0 Å². The Kier molecular flexibility index (Phi) is 5.31. The Labute approximate surface area is 212 Å². The lowest BCUT2D eigenvalue weighted by atomic mass is 9.52. The number of benzene rings is 2. The highest BCUT2D eigenvalue weighted by Gasteiger charge is 2.64. The van der Waals surface area contributed by atoms with Gasteiger partial charge in [-0.3, -0.25) is 10.2 Å². The van der Waals surface area contributed by atoms with Crippen LogP contribution in [-0.2, 0) is 25.3 Å². The summed E-state index contributed by atoms with van der Waals surface area (Å²) in [6.07, 6.45) is 3.61. The smallest absolute Gasteiger partial charge is 0.225 e. The lowest BCUT2D eigenvalue weighted by Gasteiger charge is -2.57. The number of amidine groups is 1. The van der Waals surface area contributed by atoms with Crippen molar-refractivity contribution in [2.75, 3.05) is 13.2 Å². The van der Waals surface area contributed by atoms with Crippen molar-refractivity contribution in [3.05, 3.63) is 83.4 Å². The first-order chi connectivity index (χ1) is 17.2. The van der Waals surface area contributed by atoms with E-state index in [2.05, 4.69) is 55.6 Å². The van der Waals surface area contributed by atoms with E-state index in [1.54, 1.807) is 6.08 Å². The van der Waals surface area contributed by atoms with Gasteiger partial charge in [-0.15, -0.1) is 0 Å². The molecule has 188 valence electrons. The molecule has 2 aromatic rings. The predicted octanol–water partition coefficient (Wildman–Crippen LogP) is 3.92. The fourth-order valence-electron chi connectivity index (χ4n) is 7.12. The summed E-state index contributed by atoms with van der Waals surface area (Å²) in [6, 6.07) is 18.8. The summed E-state index contributed by atoms with van der Waals surface area (Å²) in [5, 5.41) is 22.2. The molecule has 0 aromatic heterocycles. The van der Waals surface area contributed by atoms with Crippen molar-refractivity contribution in [1.29, 1.82) is 5.41 Å². The minimum absolute atomic E-state index is 0.0573. The number of ether oxygens (including phenoxy) is 2. The van der Waals surface area contributed by atoms with Gasteiger partial charge in [-0.2, -0.15) is 0 Å². The van der Waals surface area contributed by atoms with Gasteiger partial charge in [0.05, 0.1) is 24.9 Å². The zero-order chi connectivity index (χ0) is 25.3. The van der Waals surface area contributed by atoms with E-state index in [4.69, 9.17) is 14.9 Å². The number of allylic oxidation sites excluding steroid dienone is 1. The van der Waals surface area contributed by atoms with Gasteiger partial charge in [0.15, 0.2) is 0 Å². The van der Waals surface area contributed by atoms with Crippen LogP contribution in [0, 0.1) is 29.1 Å². The number of amides is 1. The van der Waals surface area contributed by atoms with Crippen LogP contribution in [0.15, 0.2) is 66.7 Å². The van der Waals surface area contributed by atoms with E-state index in [1.807, 2.05) is 31.2 Å². The molecule has 2 aliphatic heterocycles. The van der Waals surface area contributed by atoms with Gasteiger partial charge < -0.3 is 19.9 Å². The van der Waals surface area contributed by atoms with E-state index in [1.165, 1.54) is 11.1 Å². The zero-order valence-electron chi connectivity index (χ0n) is 21.0. The van der Waals surface area contributed by atoms with Gasteiger partial charge in [0, 0.05) is 17.8 Å². The summed E-state index contributed by atoms with van der Waals surface area (Å²) in [4.78, 5) is 12.2. The Hall–Kier alpha value is -2.80. The monoisotopic (exact) mass is 486 g/mol. The second-order valence-corrected chi connectivity index (χ2v) is 11.5. The van der Waals surface area contributed by atoms with Crippen LogP contribution in [0.25, 0.3) is 0 Å². The van der Waals surface area contributed by atoms with Crippen LogP contribution in [0.3, 0.4) is 0 Å². The quantitative estimate of drug-likeness (QED) is 0.597. The van der Waals surface area contributed by atoms with Crippen LogP contribution < -0.4 is 5.32 Å². The molecule has 0 radical (unpaired) electrons. The van der Waals surface area contributed by atoms with Crippen molar-refractivity contribution >= 4 is 11.7 Å². The van der Waals surface area contributed by atoms with Gasteiger partial charge in [-0.05, 0) is 47.4 Å². The highest BCUT2D eigenvalue weighted by molar-refractivity contribution is 6.03. The molecule has 6 heteroatoms. The third-order valence-corrected chi connectivity index (χ3v) is 9.24. The molecule has 2 aromatic carbocycles. The summed E-state index contributed by atoms with van der Waals surface area (Å²) < 4.78 is 13.1. The Morgan fingerprint density at radius 1 is 1.08 bits per heavy atom. The molecule has 2 aliphatic carbocycles. The van der Waals surface area contributed by atoms with Gasteiger partial charge in [0.1, 0.15) is 11.4 Å². The molecule has 3 N–H and O–H groups in total. The third-order valence-electron chi connectivity index (χ3n) is 9.24. The third kappa shape index (κ3) is 3.28. The van der Waals surface area contributed by atoms with E-state index in [0.29, 0.717) is 19.6 Å². The number of hydrogen-bond donors (Lipinski definition) is 3. The molecular weight excluding hydrogens is 452 g/mol. The topological polar surface area (TPSA) is 91.6 Å². The zero-order valence-corrected chi connectivity index (χ0v) is 21.0. The normalized spacial score (nSPS) is 38.3. The molecule has 2 fully saturated rings. The predicted molar refractivity (Wildman–Crippen MR) is 137 cm³/mol. The van der Waals surface area contributed by atoms with Crippen molar-refractivity contribution in [1.82, 2.24) is 5.32 Å². The maximum atomic E-state index is 12.2. The van der Waals surface area contributed by atoms with Crippen LogP contribution in [-0.4, -0.2) is 41.8 Å². The number of hydrogen-bond acceptors (Lipinski definition) is 5. The van der Waals surface area contributed by atoms with E-state index in [0.717, 1.165) is 5.56 Å². The SMILES string of the molecule is CC1(O)C(COC2(c3ccccc3)c3ccccc3C2(C)C)CO[C@H]1C1C2C=CC(=N)NC(=O)CC21. The largest absolute Gasteiger partial charge is 0.387 e. The summed E-state index contributed by atoms with van der Waals surface area (Å²) in [5.41, 5.74) is 1.64. The summed E-state index contributed by atoms with van der Waals surface area (Å²) in [5.74, 6) is 0.0926. The molecule has 2 heterocycles. The first-order valence-corrected chi connectivity index (χ1v) is 12.9. The Morgan fingerprint density at radius 3 is 2.53 bits per heavy atom. The molecule has 0 bridgehead atoms. The Morgan fingerprint density at radius 2 is 1.78 bits per heavy atom. The van der Waals surface area contributed by atoms with E-state index >= 15 is 0 Å². The van der Waals surface area contributed by atoms with E-state index in [9.17, 15) is 9.90 Å². The lowest BCUT2D eigenvalue weighted by Crippen LogP contribution is -2.58. The number of aliphatic hydroxyl groups is 1. The molecule has 0 spiro atoms. The van der Waals surface area contributed by atoms with Gasteiger partial charge in [0.2, 0.25) is 5.91 Å². The first-order valence-electron chi connectivity index (χ1n) is 12.9. The van der Waals surface area contributed by atoms with E-state index < -0.39 is 11.2 Å².